The third-order valence-electron chi connectivity index (χ3n) is 3.33. The van der Waals surface area contributed by atoms with Gasteiger partial charge in [0.2, 0.25) is 10.0 Å². The van der Waals surface area contributed by atoms with Gasteiger partial charge in [0.15, 0.2) is 0 Å². The van der Waals surface area contributed by atoms with Crippen LogP contribution in [0.5, 0.6) is 0 Å². The summed E-state index contributed by atoms with van der Waals surface area (Å²) in [6, 6.07) is 5.51. The SMILES string of the molecule is Cc1ccc(S(=O)(=O)N(C)C2CCC2)c(Br)c1. The summed E-state index contributed by atoms with van der Waals surface area (Å²) in [7, 11) is -1.69. The molecule has 0 bridgehead atoms. The second kappa shape index (κ2) is 4.71. The second-order valence-corrected chi connectivity index (χ2v) is 7.36. The zero-order valence-corrected chi connectivity index (χ0v) is 12.4. The van der Waals surface area contributed by atoms with Crippen molar-refractivity contribution in [3.63, 3.8) is 0 Å². The minimum Gasteiger partial charge on any atom is -0.207 e. The van der Waals surface area contributed by atoms with E-state index in [4.69, 9.17) is 0 Å². The molecule has 0 unspecified atom stereocenters. The van der Waals surface area contributed by atoms with Gasteiger partial charge >= 0.3 is 0 Å². The Morgan fingerprint density at radius 2 is 2.00 bits per heavy atom. The quantitative estimate of drug-likeness (QED) is 0.859. The van der Waals surface area contributed by atoms with Crippen LogP contribution >= 0.6 is 15.9 Å². The highest BCUT2D eigenvalue weighted by molar-refractivity contribution is 9.10. The predicted octanol–water partition coefficient (Wildman–Crippen LogP) is 2.93. The molecule has 0 radical (unpaired) electrons. The van der Waals surface area contributed by atoms with E-state index in [2.05, 4.69) is 15.9 Å². The van der Waals surface area contributed by atoms with Crippen LogP contribution in [0, 0.1) is 6.92 Å². The van der Waals surface area contributed by atoms with Gasteiger partial charge in [-0.15, -0.1) is 0 Å². The molecule has 2 rings (SSSR count). The third-order valence-corrected chi connectivity index (χ3v) is 6.22. The van der Waals surface area contributed by atoms with Gasteiger partial charge in [0.1, 0.15) is 0 Å². The average Bonchev–Trinajstić information content (AvgIpc) is 2.13. The van der Waals surface area contributed by atoms with E-state index in [1.54, 1.807) is 13.1 Å². The lowest BCUT2D eigenvalue weighted by Gasteiger charge is -2.33. The maximum Gasteiger partial charge on any atom is 0.244 e. The Balaban J connectivity index is 2.36. The Kier molecular flexibility index (Phi) is 3.61. The molecule has 1 fully saturated rings. The van der Waals surface area contributed by atoms with Gasteiger partial charge < -0.3 is 0 Å². The van der Waals surface area contributed by atoms with Gasteiger partial charge in [0.05, 0.1) is 4.90 Å². The van der Waals surface area contributed by atoms with E-state index in [1.165, 1.54) is 4.31 Å². The van der Waals surface area contributed by atoms with Crippen LogP contribution < -0.4 is 0 Å². The van der Waals surface area contributed by atoms with E-state index >= 15 is 0 Å². The maximum absolute atomic E-state index is 12.4. The fraction of sp³-hybridized carbons (Fsp3) is 0.500. The molecule has 17 heavy (non-hydrogen) atoms. The van der Waals surface area contributed by atoms with Crippen molar-refractivity contribution in [1.82, 2.24) is 4.31 Å². The van der Waals surface area contributed by atoms with Crippen molar-refractivity contribution < 1.29 is 8.42 Å². The van der Waals surface area contributed by atoms with Crippen LogP contribution in [-0.2, 0) is 10.0 Å². The van der Waals surface area contributed by atoms with Gasteiger partial charge in [-0.1, -0.05) is 12.5 Å². The first-order valence-corrected chi connectivity index (χ1v) is 7.90. The molecule has 0 aliphatic heterocycles. The van der Waals surface area contributed by atoms with Crippen LogP contribution in [0.1, 0.15) is 24.8 Å². The summed E-state index contributed by atoms with van der Waals surface area (Å²) in [5, 5.41) is 0. The van der Waals surface area contributed by atoms with Gasteiger partial charge in [-0.2, -0.15) is 4.31 Å². The first kappa shape index (κ1) is 13.1. The molecule has 94 valence electrons. The Morgan fingerprint density at radius 3 is 2.47 bits per heavy atom. The van der Waals surface area contributed by atoms with Gasteiger partial charge in [0.25, 0.3) is 0 Å². The maximum atomic E-state index is 12.4. The molecule has 0 N–H and O–H groups in total. The van der Waals surface area contributed by atoms with Crippen LogP contribution in [0.3, 0.4) is 0 Å². The Hall–Kier alpha value is -0.390. The number of hydrogen-bond acceptors (Lipinski definition) is 2. The summed E-state index contributed by atoms with van der Waals surface area (Å²) in [5.41, 5.74) is 1.04. The molecule has 0 amide bonds. The molecular formula is C12H16BrNO2S. The van der Waals surface area contributed by atoms with Crippen LogP contribution in [0.15, 0.2) is 27.6 Å². The first-order valence-electron chi connectivity index (χ1n) is 5.67. The zero-order chi connectivity index (χ0) is 12.6. The highest BCUT2D eigenvalue weighted by Gasteiger charge is 2.32. The van der Waals surface area contributed by atoms with Gasteiger partial charge in [-0.3, -0.25) is 0 Å². The number of benzene rings is 1. The third kappa shape index (κ3) is 2.41. The largest absolute Gasteiger partial charge is 0.244 e. The van der Waals surface area contributed by atoms with Crippen molar-refractivity contribution in [3.8, 4) is 0 Å². The summed E-state index contributed by atoms with van der Waals surface area (Å²) < 4.78 is 26.9. The molecule has 1 aromatic rings. The summed E-state index contributed by atoms with van der Waals surface area (Å²) in [5.74, 6) is 0. The summed E-state index contributed by atoms with van der Waals surface area (Å²) in [6.45, 7) is 1.94. The number of hydrogen-bond donors (Lipinski definition) is 0. The van der Waals surface area contributed by atoms with Crippen LogP contribution in [0.4, 0.5) is 0 Å². The number of sulfonamides is 1. The van der Waals surface area contributed by atoms with Crippen LogP contribution in [0.2, 0.25) is 0 Å². The molecule has 0 atom stereocenters. The number of rotatable bonds is 3. The van der Waals surface area contributed by atoms with Crippen LogP contribution in [0.25, 0.3) is 0 Å². The van der Waals surface area contributed by atoms with E-state index in [9.17, 15) is 8.42 Å². The Bertz CT molecular complexity index is 523. The summed E-state index contributed by atoms with van der Waals surface area (Å²) >= 11 is 3.33. The van der Waals surface area contributed by atoms with Crippen molar-refractivity contribution in [3.05, 3.63) is 28.2 Å². The number of halogens is 1. The van der Waals surface area contributed by atoms with Gasteiger partial charge in [-0.25, -0.2) is 8.42 Å². The minimum atomic E-state index is -3.36. The van der Waals surface area contributed by atoms with E-state index in [0.29, 0.717) is 9.37 Å². The first-order chi connectivity index (χ1) is 7.93. The highest BCUT2D eigenvalue weighted by atomic mass is 79.9. The normalized spacial score (nSPS) is 17.2. The predicted molar refractivity (Wildman–Crippen MR) is 71.5 cm³/mol. The van der Waals surface area contributed by atoms with E-state index in [1.807, 2.05) is 19.1 Å². The molecule has 0 spiro atoms. The van der Waals surface area contributed by atoms with Crippen molar-refractivity contribution in [2.45, 2.75) is 37.1 Å². The molecule has 0 aromatic heterocycles. The minimum absolute atomic E-state index is 0.174. The Labute approximate surface area is 111 Å². The molecule has 0 saturated heterocycles. The van der Waals surface area contributed by atoms with Crippen molar-refractivity contribution >= 4 is 26.0 Å². The van der Waals surface area contributed by atoms with E-state index in [-0.39, 0.29) is 6.04 Å². The van der Waals surface area contributed by atoms with Gasteiger partial charge in [-0.05, 0) is 53.4 Å². The molecule has 0 heterocycles. The monoisotopic (exact) mass is 317 g/mol. The summed E-state index contributed by atoms with van der Waals surface area (Å²) in [4.78, 5) is 0.359. The highest BCUT2D eigenvalue weighted by Crippen LogP contribution is 2.31. The smallest absolute Gasteiger partial charge is 0.207 e. The fourth-order valence-corrected chi connectivity index (χ4v) is 4.48. The fourth-order valence-electron chi connectivity index (χ4n) is 1.92. The molecule has 1 aliphatic carbocycles. The van der Waals surface area contributed by atoms with Crippen molar-refractivity contribution in [2.24, 2.45) is 0 Å². The molecular weight excluding hydrogens is 302 g/mol. The topological polar surface area (TPSA) is 37.4 Å². The standard InChI is InChI=1S/C12H16BrNO2S/c1-9-6-7-12(11(13)8-9)17(15,16)14(2)10-4-3-5-10/h6-8,10H,3-5H2,1-2H3. The van der Waals surface area contributed by atoms with E-state index in [0.717, 1.165) is 24.8 Å². The molecule has 5 heteroatoms. The lowest BCUT2D eigenvalue weighted by atomic mass is 9.94. The van der Waals surface area contributed by atoms with Crippen molar-refractivity contribution in [2.75, 3.05) is 7.05 Å². The molecule has 1 aromatic carbocycles. The van der Waals surface area contributed by atoms with Crippen LogP contribution in [-0.4, -0.2) is 25.8 Å². The van der Waals surface area contributed by atoms with E-state index < -0.39 is 10.0 Å². The molecule has 1 aliphatic rings. The lowest BCUT2D eigenvalue weighted by molar-refractivity contribution is 0.249. The zero-order valence-electron chi connectivity index (χ0n) is 9.98. The molecule has 1 saturated carbocycles. The number of nitrogens with zero attached hydrogens (tertiary/aromatic N) is 1. The van der Waals surface area contributed by atoms with Crippen molar-refractivity contribution in [1.29, 1.82) is 0 Å². The molecule has 3 nitrogen and oxygen atoms in total. The Morgan fingerprint density at radius 1 is 1.35 bits per heavy atom. The second-order valence-electron chi connectivity index (χ2n) is 4.54. The summed E-state index contributed by atoms with van der Waals surface area (Å²) in [6.07, 6.45) is 3.07. The van der Waals surface area contributed by atoms with Gasteiger partial charge in [0, 0.05) is 17.6 Å². The number of aryl methyl sites for hydroxylation is 1. The lowest BCUT2D eigenvalue weighted by Crippen LogP contribution is -2.41. The average molecular weight is 318 g/mol.